The Kier molecular flexibility index (Phi) is 5.68. The second-order valence-corrected chi connectivity index (χ2v) is 8.59. The van der Waals surface area contributed by atoms with Crippen LogP contribution in [0.5, 0.6) is 0 Å². The molecule has 1 aliphatic carbocycles. The number of aromatic amines is 1. The van der Waals surface area contributed by atoms with Crippen LogP contribution in [0.25, 0.3) is 11.0 Å². The Morgan fingerprint density at radius 2 is 2.29 bits per heavy atom. The third-order valence-corrected chi connectivity index (χ3v) is 6.26. The van der Waals surface area contributed by atoms with Gasteiger partial charge in [0.1, 0.15) is 15.7 Å². The molecule has 28 heavy (non-hydrogen) atoms. The molecule has 4 rings (SSSR count). The summed E-state index contributed by atoms with van der Waals surface area (Å²) in [5, 5.41) is 13.9. The standard InChI is InChI=1S/C20H26N6OS/c1-3-26(20(27)18-11-17-16(23-18)8-5-9-21-17)15-7-4-6-14(10-15)22-12-19-25-24-13(2)28-19/h5,8-9,11,14-15,22-23H,3-4,6-7,10,12H2,1-2H3/t14-,15+/m1/s1. The summed E-state index contributed by atoms with van der Waals surface area (Å²) in [5.74, 6) is 0.0610. The first-order chi connectivity index (χ1) is 13.6. The van der Waals surface area contributed by atoms with E-state index in [4.69, 9.17) is 0 Å². The number of aromatic nitrogens is 4. The first-order valence-corrected chi connectivity index (χ1v) is 10.7. The van der Waals surface area contributed by atoms with E-state index in [1.165, 1.54) is 0 Å². The van der Waals surface area contributed by atoms with Crippen LogP contribution in [0.2, 0.25) is 0 Å². The van der Waals surface area contributed by atoms with Crippen molar-refractivity contribution in [3.63, 3.8) is 0 Å². The van der Waals surface area contributed by atoms with Gasteiger partial charge in [0.15, 0.2) is 0 Å². The number of carbonyl (C=O) groups excluding carboxylic acids is 1. The molecule has 1 saturated carbocycles. The lowest BCUT2D eigenvalue weighted by molar-refractivity contribution is 0.0623. The third-order valence-electron chi connectivity index (χ3n) is 5.42. The number of fused-ring (bicyclic) bond motifs is 1. The number of carbonyl (C=O) groups is 1. The number of aryl methyl sites for hydroxylation is 1. The summed E-state index contributed by atoms with van der Waals surface area (Å²) in [6.07, 6.45) is 6.02. The van der Waals surface area contributed by atoms with Gasteiger partial charge in [0.05, 0.1) is 11.0 Å². The van der Waals surface area contributed by atoms with Crippen molar-refractivity contribution in [1.82, 2.24) is 30.4 Å². The predicted molar refractivity (Wildman–Crippen MR) is 110 cm³/mol. The van der Waals surface area contributed by atoms with Crippen molar-refractivity contribution in [3.05, 3.63) is 40.1 Å². The van der Waals surface area contributed by atoms with Crippen molar-refractivity contribution in [1.29, 1.82) is 0 Å². The van der Waals surface area contributed by atoms with Gasteiger partial charge in [-0.2, -0.15) is 0 Å². The molecule has 0 bridgehead atoms. The topological polar surface area (TPSA) is 86.8 Å². The molecular weight excluding hydrogens is 372 g/mol. The van der Waals surface area contributed by atoms with Gasteiger partial charge < -0.3 is 15.2 Å². The van der Waals surface area contributed by atoms with E-state index in [9.17, 15) is 4.79 Å². The van der Waals surface area contributed by atoms with Crippen LogP contribution in [-0.2, 0) is 6.54 Å². The largest absolute Gasteiger partial charge is 0.349 e. The van der Waals surface area contributed by atoms with Crippen molar-refractivity contribution < 1.29 is 4.79 Å². The molecule has 148 valence electrons. The Morgan fingerprint density at radius 1 is 1.39 bits per heavy atom. The molecule has 0 saturated heterocycles. The molecule has 1 aliphatic rings. The molecule has 7 nitrogen and oxygen atoms in total. The van der Waals surface area contributed by atoms with Crippen LogP contribution in [0.4, 0.5) is 0 Å². The second-order valence-electron chi connectivity index (χ2n) is 7.32. The quantitative estimate of drug-likeness (QED) is 0.665. The number of nitrogens with zero attached hydrogens (tertiary/aromatic N) is 4. The molecule has 0 spiro atoms. The highest BCUT2D eigenvalue weighted by atomic mass is 32.1. The van der Waals surface area contributed by atoms with Crippen LogP contribution in [0.1, 0.15) is 53.1 Å². The monoisotopic (exact) mass is 398 g/mol. The van der Waals surface area contributed by atoms with Crippen LogP contribution in [0.3, 0.4) is 0 Å². The van der Waals surface area contributed by atoms with Gasteiger partial charge in [-0.3, -0.25) is 9.78 Å². The van der Waals surface area contributed by atoms with Crippen LogP contribution in [0.15, 0.2) is 24.4 Å². The van der Waals surface area contributed by atoms with Crippen molar-refractivity contribution in [2.45, 2.75) is 58.2 Å². The molecule has 0 radical (unpaired) electrons. The lowest BCUT2D eigenvalue weighted by Gasteiger charge is -2.37. The van der Waals surface area contributed by atoms with E-state index in [0.717, 1.165) is 53.3 Å². The van der Waals surface area contributed by atoms with E-state index in [1.807, 2.05) is 30.0 Å². The van der Waals surface area contributed by atoms with Crippen molar-refractivity contribution >= 4 is 28.3 Å². The van der Waals surface area contributed by atoms with E-state index < -0.39 is 0 Å². The fraction of sp³-hybridized carbons (Fsp3) is 0.500. The molecule has 2 N–H and O–H groups in total. The normalized spacial score (nSPS) is 19.8. The zero-order valence-corrected chi connectivity index (χ0v) is 17.1. The summed E-state index contributed by atoms with van der Waals surface area (Å²) in [4.78, 5) is 22.7. The first-order valence-electron chi connectivity index (χ1n) is 9.91. The lowest BCUT2D eigenvalue weighted by Crippen LogP contribution is -2.46. The van der Waals surface area contributed by atoms with Gasteiger partial charge in [0.2, 0.25) is 0 Å². The summed E-state index contributed by atoms with van der Waals surface area (Å²) in [6.45, 7) is 5.48. The summed E-state index contributed by atoms with van der Waals surface area (Å²) in [6, 6.07) is 6.33. The molecule has 0 unspecified atom stereocenters. The Balaban J connectivity index is 1.42. The molecule has 8 heteroatoms. The van der Waals surface area contributed by atoms with Gasteiger partial charge in [-0.1, -0.05) is 0 Å². The smallest absolute Gasteiger partial charge is 0.270 e. The van der Waals surface area contributed by atoms with Gasteiger partial charge in [-0.25, -0.2) is 0 Å². The number of rotatable bonds is 6. The van der Waals surface area contributed by atoms with Gasteiger partial charge >= 0.3 is 0 Å². The number of pyridine rings is 1. The molecule has 3 aromatic rings. The summed E-state index contributed by atoms with van der Waals surface area (Å²) in [7, 11) is 0. The Morgan fingerprint density at radius 3 is 3.04 bits per heavy atom. The van der Waals surface area contributed by atoms with Crippen molar-refractivity contribution in [3.8, 4) is 0 Å². The minimum absolute atomic E-state index is 0.0610. The second kappa shape index (κ2) is 8.36. The van der Waals surface area contributed by atoms with E-state index in [0.29, 0.717) is 18.3 Å². The number of amides is 1. The molecule has 1 fully saturated rings. The molecule has 0 aromatic carbocycles. The van der Waals surface area contributed by atoms with E-state index in [-0.39, 0.29) is 11.9 Å². The minimum Gasteiger partial charge on any atom is -0.349 e. The van der Waals surface area contributed by atoms with Gasteiger partial charge in [0, 0.05) is 31.4 Å². The number of hydrogen-bond acceptors (Lipinski definition) is 6. The molecule has 2 atom stereocenters. The molecule has 1 amide bonds. The zero-order valence-electron chi connectivity index (χ0n) is 16.3. The van der Waals surface area contributed by atoms with Crippen molar-refractivity contribution in [2.24, 2.45) is 0 Å². The summed E-state index contributed by atoms with van der Waals surface area (Å²) in [5.41, 5.74) is 2.35. The van der Waals surface area contributed by atoms with Crippen LogP contribution in [-0.4, -0.2) is 49.6 Å². The highest BCUT2D eigenvalue weighted by Gasteiger charge is 2.30. The molecule has 0 aliphatic heterocycles. The zero-order chi connectivity index (χ0) is 19.5. The molecule has 3 heterocycles. The van der Waals surface area contributed by atoms with Crippen LogP contribution < -0.4 is 5.32 Å². The van der Waals surface area contributed by atoms with Crippen LogP contribution in [0, 0.1) is 6.92 Å². The number of nitrogens with one attached hydrogen (secondary N) is 2. The highest BCUT2D eigenvalue weighted by Crippen LogP contribution is 2.25. The summed E-state index contributed by atoms with van der Waals surface area (Å²) >= 11 is 1.63. The predicted octanol–water partition coefficient (Wildman–Crippen LogP) is 3.29. The fourth-order valence-corrected chi connectivity index (χ4v) is 4.73. The average molecular weight is 399 g/mol. The van der Waals surface area contributed by atoms with Gasteiger partial charge in [0.25, 0.3) is 5.91 Å². The maximum atomic E-state index is 13.2. The van der Waals surface area contributed by atoms with Crippen LogP contribution >= 0.6 is 11.3 Å². The van der Waals surface area contributed by atoms with E-state index in [1.54, 1.807) is 17.5 Å². The number of hydrogen-bond donors (Lipinski definition) is 2. The van der Waals surface area contributed by atoms with Gasteiger partial charge in [-0.05, 0) is 57.7 Å². The number of H-pyrrole nitrogens is 1. The van der Waals surface area contributed by atoms with E-state index >= 15 is 0 Å². The van der Waals surface area contributed by atoms with Crippen molar-refractivity contribution in [2.75, 3.05) is 6.54 Å². The average Bonchev–Trinajstić information content (AvgIpc) is 3.33. The third kappa shape index (κ3) is 4.07. The molecular formula is C20H26N6OS. The SMILES string of the molecule is CCN(C(=O)c1cc2ncccc2[nH]1)[C@H]1CCC[C@@H](NCc2nnc(C)s2)C1. The maximum Gasteiger partial charge on any atom is 0.270 e. The summed E-state index contributed by atoms with van der Waals surface area (Å²) < 4.78 is 0. The highest BCUT2D eigenvalue weighted by molar-refractivity contribution is 7.11. The Bertz CT molecular complexity index is 918. The Hall–Kier alpha value is -2.32. The molecule has 3 aromatic heterocycles. The first kappa shape index (κ1) is 19.0. The Labute approximate surface area is 168 Å². The van der Waals surface area contributed by atoms with Gasteiger partial charge in [-0.15, -0.1) is 21.5 Å². The van der Waals surface area contributed by atoms with E-state index in [2.05, 4.69) is 32.4 Å². The lowest BCUT2D eigenvalue weighted by atomic mass is 9.89. The minimum atomic E-state index is 0.0610. The fourth-order valence-electron chi connectivity index (χ4n) is 4.07. The maximum absolute atomic E-state index is 13.2.